The maximum atomic E-state index is 12.3. The molecule has 0 atom stereocenters. The molecule has 0 unspecified atom stereocenters. The van der Waals surface area contributed by atoms with Crippen LogP contribution in [0.2, 0.25) is 0 Å². The van der Waals surface area contributed by atoms with Crippen molar-refractivity contribution in [2.75, 3.05) is 23.4 Å². The van der Waals surface area contributed by atoms with Gasteiger partial charge >= 0.3 is 5.97 Å². The summed E-state index contributed by atoms with van der Waals surface area (Å²) in [5.41, 5.74) is 1.12. The van der Waals surface area contributed by atoms with Crippen LogP contribution in [0.1, 0.15) is 11.5 Å². The maximum Gasteiger partial charge on any atom is 0.331 e. The minimum atomic E-state index is -0.669. The molecule has 0 spiro atoms. The van der Waals surface area contributed by atoms with E-state index >= 15 is 0 Å². The SMILES string of the molecule is Cc1ccc(/C=C/C(=O)OCC(=O)N2CC(=O)Nc3ccccc32)o1. The minimum Gasteiger partial charge on any atom is -0.462 e. The van der Waals surface area contributed by atoms with E-state index < -0.39 is 18.5 Å². The molecule has 7 heteroatoms. The van der Waals surface area contributed by atoms with Crippen LogP contribution < -0.4 is 10.2 Å². The first-order chi connectivity index (χ1) is 12.0. The quantitative estimate of drug-likeness (QED) is 0.680. The van der Waals surface area contributed by atoms with Crippen LogP contribution in [-0.4, -0.2) is 30.9 Å². The van der Waals surface area contributed by atoms with Crippen LogP contribution in [0, 0.1) is 6.92 Å². The number of hydrogen-bond acceptors (Lipinski definition) is 5. The number of esters is 1. The molecule has 0 aliphatic carbocycles. The van der Waals surface area contributed by atoms with Crippen molar-refractivity contribution in [2.24, 2.45) is 0 Å². The van der Waals surface area contributed by atoms with Gasteiger partial charge in [-0.1, -0.05) is 12.1 Å². The number of amides is 2. The average molecular weight is 340 g/mol. The minimum absolute atomic E-state index is 0.116. The molecule has 0 bridgehead atoms. The number of hydrogen-bond donors (Lipinski definition) is 1. The number of carbonyl (C=O) groups is 3. The van der Waals surface area contributed by atoms with Crippen LogP contribution in [0.25, 0.3) is 6.08 Å². The van der Waals surface area contributed by atoms with Gasteiger partial charge in [-0.3, -0.25) is 14.5 Å². The predicted octanol–water partition coefficient (Wildman–Crippen LogP) is 2.13. The Morgan fingerprint density at radius 2 is 2.08 bits per heavy atom. The number of rotatable bonds is 4. The molecule has 0 radical (unpaired) electrons. The lowest BCUT2D eigenvalue weighted by Gasteiger charge is -2.28. The van der Waals surface area contributed by atoms with E-state index in [1.54, 1.807) is 43.3 Å². The molecular weight excluding hydrogens is 324 g/mol. The average Bonchev–Trinajstić information content (AvgIpc) is 3.02. The Morgan fingerprint density at radius 1 is 1.28 bits per heavy atom. The van der Waals surface area contributed by atoms with E-state index in [9.17, 15) is 14.4 Å². The number of nitrogens with zero attached hydrogens (tertiary/aromatic N) is 1. The number of anilines is 2. The summed E-state index contributed by atoms with van der Waals surface area (Å²) < 4.78 is 10.2. The van der Waals surface area contributed by atoms with Gasteiger partial charge in [0.05, 0.1) is 11.4 Å². The number of benzene rings is 1. The number of fused-ring (bicyclic) bond motifs is 1. The highest BCUT2D eigenvalue weighted by atomic mass is 16.5. The lowest BCUT2D eigenvalue weighted by molar-refractivity contribution is -0.143. The normalized spacial score (nSPS) is 13.5. The highest BCUT2D eigenvalue weighted by molar-refractivity contribution is 6.10. The largest absolute Gasteiger partial charge is 0.462 e. The van der Waals surface area contributed by atoms with E-state index in [1.807, 2.05) is 0 Å². The number of nitrogens with one attached hydrogen (secondary N) is 1. The van der Waals surface area contributed by atoms with Gasteiger partial charge in [-0.15, -0.1) is 0 Å². The zero-order valence-electron chi connectivity index (χ0n) is 13.5. The monoisotopic (exact) mass is 340 g/mol. The van der Waals surface area contributed by atoms with Gasteiger partial charge in [0.1, 0.15) is 18.1 Å². The fourth-order valence-corrected chi connectivity index (χ4v) is 2.41. The summed E-state index contributed by atoms with van der Waals surface area (Å²) in [5, 5.41) is 2.69. The third-order valence-electron chi connectivity index (χ3n) is 3.55. The molecule has 7 nitrogen and oxygen atoms in total. The fourth-order valence-electron chi connectivity index (χ4n) is 2.41. The highest BCUT2D eigenvalue weighted by Crippen LogP contribution is 2.28. The highest BCUT2D eigenvalue weighted by Gasteiger charge is 2.26. The molecule has 0 fully saturated rings. The Kier molecular flexibility index (Phi) is 4.65. The van der Waals surface area contributed by atoms with Crippen LogP contribution in [0.15, 0.2) is 46.9 Å². The molecule has 1 aliphatic heterocycles. The zero-order valence-corrected chi connectivity index (χ0v) is 13.5. The second kappa shape index (κ2) is 7.04. The van der Waals surface area contributed by atoms with E-state index in [0.29, 0.717) is 17.1 Å². The summed E-state index contributed by atoms with van der Waals surface area (Å²) in [4.78, 5) is 37.0. The van der Waals surface area contributed by atoms with Crippen LogP contribution in [0.3, 0.4) is 0 Å². The third-order valence-corrected chi connectivity index (χ3v) is 3.55. The van der Waals surface area contributed by atoms with Gasteiger partial charge in [0.15, 0.2) is 6.61 Å². The molecule has 3 rings (SSSR count). The van der Waals surface area contributed by atoms with Gasteiger partial charge in [0.25, 0.3) is 5.91 Å². The van der Waals surface area contributed by atoms with Crippen LogP contribution in [0.5, 0.6) is 0 Å². The molecule has 2 aromatic rings. The number of furan rings is 1. The Balaban J connectivity index is 1.60. The summed E-state index contributed by atoms with van der Waals surface area (Å²) in [6.07, 6.45) is 2.64. The summed E-state index contributed by atoms with van der Waals surface area (Å²) >= 11 is 0. The molecule has 1 N–H and O–H groups in total. The fraction of sp³-hybridized carbons (Fsp3) is 0.167. The second-order valence-electron chi connectivity index (χ2n) is 5.43. The molecule has 1 aliphatic rings. The van der Waals surface area contributed by atoms with Crippen molar-refractivity contribution in [3.05, 3.63) is 54.0 Å². The van der Waals surface area contributed by atoms with Crippen molar-refractivity contribution in [1.29, 1.82) is 0 Å². The lowest BCUT2D eigenvalue weighted by atomic mass is 10.2. The van der Waals surface area contributed by atoms with Gasteiger partial charge in [0, 0.05) is 6.08 Å². The van der Waals surface area contributed by atoms with Crippen molar-refractivity contribution >= 4 is 35.2 Å². The summed E-state index contributed by atoms with van der Waals surface area (Å²) in [5.74, 6) is -0.200. The first kappa shape index (κ1) is 16.5. The van der Waals surface area contributed by atoms with Crippen LogP contribution in [-0.2, 0) is 19.1 Å². The molecule has 25 heavy (non-hydrogen) atoms. The summed E-state index contributed by atoms with van der Waals surface area (Å²) in [7, 11) is 0. The van der Waals surface area contributed by atoms with Gasteiger partial charge in [-0.2, -0.15) is 0 Å². The first-order valence-electron chi connectivity index (χ1n) is 7.63. The van der Waals surface area contributed by atoms with E-state index in [4.69, 9.17) is 9.15 Å². The van der Waals surface area contributed by atoms with E-state index in [-0.39, 0.29) is 12.5 Å². The number of carbonyl (C=O) groups excluding carboxylic acids is 3. The van der Waals surface area contributed by atoms with Crippen molar-refractivity contribution in [3.63, 3.8) is 0 Å². The molecular formula is C18H16N2O5. The van der Waals surface area contributed by atoms with E-state index in [0.717, 1.165) is 5.76 Å². The van der Waals surface area contributed by atoms with Crippen molar-refractivity contribution in [3.8, 4) is 0 Å². The summed E-state index contributed by atoms with van der Waals surface area (Å²) in [6.45, 7) is 1.22. The van der Waals surface area contributed by atoms with Gasteiger partial charge < -0.3 is 14.5 Å². The zero-order chi connectivity index (χ0) is 17.8. The van der Waals surface area contributed by atoms with Crippen molar-refractivity contribution in [1.82, 2.24) is 0 Å². The van der Waals surface area contributed by atoms with Gasteiger partial charge in [-0.05, 0) is 37.3 Å². The van der Waals surface area contributed by atoms with E-state index in [1.165, 1.54) is 17.1 Å². The number of aryl methyl sites for hydroxylation is 1. The van der Waals surface area contributed by atoms with Crippen LogP contribution in [0.4, 0.5) is 11.4 Å². The standard InChI is InChI=1S/C18H16N2O5/c1-12-6-7-13(25-12)8-9-18(23)24-11-17(22)20-10-16(21)19-14-4-2-3-5-15(14)20/h2-9H,10-11H2,1H3,(H,19,21)/b9-8+. The topological polar surface area (TPSA) is 88.9 Å². The maximum absolute atomic E-state index is 12.3. The summed E-state index contributed by atoms with van der Waals surface area (Å²) in [6, 6.07) is 10.4. The van der Waals surface area contributed by atoms with Crippen LogP contribution >= 0.6 is 0 Å². The number of ether oxygens (including phenoxy) is 1. The molecule has 2 amide bonds. The molecule has 2 heterocycles. The molecule has 128 valence electrons. The molecule has 1 aromatic carbocycles. The van der Waals surface area contributed by atoms with E-state index in [2.05, 4.69) is 5.32 Å². The second-order valence-corrected chi connectivity index (χ2v) is 5.43. The molecule has 0 saturated carbocycles. The van der Waals surface area contributed by atoms with Gasteiger partial charge in [0.2, 0.25) is 5.91 Å². The number of para-hydroxylation sites is 2. The molecule has 1 aromatic heterocycles. The Hall–Kier alpha value is -3.35. The first-order valence-corrected chi connectivity index (χ1v) is 7.63. The van der Waals surface area contributed by atoms with Crippen molar-refractivity contribution in [2.45, 2.75) is 6.92 Å². The third kappa shape index (κ3) is 3.95. The Morgan fingerprint density at radius 3 is 2.84 bits per heavy atom. The van der Waals surface area contributed by atoms with Gasteiger partial charge in [-0.25, -0.2) is 4.79 Å². The Labute approximate surface area is 143 Å². The predicted molar refractivity (Wildman–Crippen MR) is 90.9 cm³/mol. The van der Waals surface area contributed by atoms with Crippen molar-refractivity contribution < 1.29 is 23.5 Å². The molecule has 0 saturated heterocycles. The lowest BCUT2D eigenvalue weighted by Crippen LogP contribution is -2.43. The Bertz CT molecular complexity index is 853. The smallest absolute Gasteiger partial charge is 0.331 e.